The molecule has 0 saturated carbocycles. The molecule has 2 rings (SSSR count). The number of pyridine rings is 1. The van der Waals surface area contributed by atoms with E-state index in [1.54, 1.807) is 0 Å². The van der Waals surface area contributed by atoms with Crippen molar-refractivity contribution >= 4 is 11.4 Å². The minimum Gasteiger partial charge on any atom is -0.343 e. The molecule has 1 aromatic carbocycles. The highest BCUT2D eigenvalue weighted by Crippen LogP contribution is 2.26. The molecule has 0 amide bonds. The lowest BCUT2D eigenvalue weighted by atomic mass is 10.1. The standard InChI is InChI=1S/C18H25N3/c1-14-6-8-16(9-7-14)21(5)17-13-19-11-10-15(17)12-20-18(2,3)4/h6-11,13,20H,12H2,1-5H3. The predicted octanol–water partition coefficient (Wildman–Crippen LogP) is 4.05. The van der Waals surface area contributed by atoms with Crippen LogP contribution in [0.1, 0.15) is 31.9 Å². The van der Waals surface area contributed by atoms with Crippen LogP contribution in [0.2, 0.25) is 0 Å². The first-order chi connectivity index (χ1) is 9.87. The molecule has 1 aromatic heterocycles. The molecule has 0 saturated heterocycles. The molecule has 1 N–H and O–H groups in total. The Bertz CT molecular complexity index is 582. The van der Waals surface area contributed by atoms with Crippen LogP contribution in [0.4, 0.5) is 11.4 Å². The van der Waals surface area contributed by atoms with Gasteiger partial charge in [-0.2, -0.15) is 0 Å². The molecule has 0 bridgehead atoms. The maximum atomic E-state index is 4.28. The summed E-state index contributed by atoms with van der Waals surface area (Å²) in [5, 5.41) is 3.54. The van der Waals surface area contributed by atoms with Crippen molar-refractivity contribution in [3.8, 4) is 0 Å². The SMILES string of the molecule is Cc1ccc(N(C)c2cnccc2CNC(C)(C)C)cc1. The van der Waals surface area contributed by atoms with Crippen LogP contribution in [0, 0.1) is 6.92 Å². The summed E-state index contributed by atoms with van der Waals surface area (Å²) in [7, 11) is 2.09. The van der Waals surface area contributed by atoms with Gasteiger partial charge in [-0.25, -0.2) is 0 Å². The van der Waals surface area contributed by atoms with Crippen molar-refractivity contribution in [3.05, 3.63) is 53.9 Å². The van der Waals surface area contributed by atoms with Crippen LogP contribution in [0.5, 0.6) is 0 Å². The van der Waals surface area contributed by atoms with Gasteiger partial charge in [-0.05, 0) is 51.5 Å². The molecule has 0 aliphatic rings. The Kier molecular flexibility index (Phi) is 4.63. The molecule has 1 heterocycles. The van der Waals surface area contributed by atoms with Crippen molar-refractivity contribution in [1.82, 2.24) is 10.3 Å². The first-order valence-corrected chi connectivity index (χ1v) is 7.35. The third-order valence-electron chi connectivity index (χ3n) is 3.48. The fourth-order valence-electron chi connectivity index (χ4n) is 2.13. The van der Waals surface area contributed by atoms with Crippen molar-refractivity contribution in [2.75, 3.05) is 11.9 Å². The van der Waals surface area contributed by atoms with Gasteiger partial charge in [-0.15, -0.1) is 0 Å². The highest BCUT2D eigenvalue weighted by molar-refractivity contribution is 5.65. The number of anilines is 2. The van der Waals surface area contributed by atoms with E-state index in [0.29, 0.717) is 0 Å². The third kappa shape index (κ3) is 4.30. The van der Waals surface area contributed by atoms with Gasteiger partial charge in [0.2, 0.25) is 0 Å². The first-order valence-electron chi connectivity index (χ1n) is 7.35. The summed E-state index contributed by atoms with van der Waals surface area (Å²) in [4.78, 5) is 6.47. The second-order valence-corrected chi connectivity index (χ2v) is 6.50. The van der Waals surface area contributed by atoms with Gasteiger partial charge in [-0.3, -0.25) is 4.98 Å². The van der Waals surface area contributed by atoms with Crippen LogP contribution >= 0.6 is 0 Å². The molecule has 0 aliphatic carbocycles. The van der Waals surface area contributed by atoms with Gasteiger partial charge >= 0.3 is 0 Å². The fraction of sp³-hybridized carbons (Fsp3) is 0.389. The number of benzene rings is 1. The normalized spacial score (nSPS) is 11.5. The van der Waals surface area contributed by atoms with E-state index in [0.717, 1.165) is 12.2 Å². The average molecular weight is 283 g/mol. The summed E-state index contributed by atoms with van der Waals surface area (Å²) in [5.41, 5.74) is 4.93. The topological polar surface area (TPSA) is 28.2 Å². The number of hydrogen-bond acceptors (Lipinski definition) is 3. The molecule has 2 aromatic rings. The lowest BCUT2D eigenvalue weighted by molar-refractivity contribution is 0.424. The number of rotatable bonds is 4. The summed E-state index contributed by atoms with van der Waals surface area (Å²) in [6, 6.07) is 10.6. The Hall–Kier alpha value is -1.87. The monoisotopic (exact) mass is 283 g/mol. The number of aromatic nitrogens is 1. The fourth-order valence-corrected chi connectivity index (χ4v) is 2.13. The van der Waals surface area contributed by atoms with Gasteiger partial charge in [0.1, 0.15) is 0 Å². The van der Waals surface area contributed by atoms with Crippen molar-refractivity contribution < 1.29 is 0 Å². The van der Waals surface area contributed by atoms with Crippen LogP contribution in [0.15, 0.2) is 42.7 Å². The minimum atomic E-state index is 0.100. The zero-order valence-corrected chi connectivity index (χ0v) is 13.6. The number of nitrogens with one attached hydrogen (secondary N) is 1. The highest BCUT2D eigenvalue weighted by Gasteiger charge is 2.13. The summed E-state index contributed by atoms with van der Waals surface area (Å²) >= 11 is 0. The zero-order chi connectivity index (χ0) is 15.5. The highest BCUT2D eigenvalue weighted by atomic mass is 15.1. The summed E-state index contributed by atoms with van der Waals surface area (Å²) in [6.07, 6.45) is 3.78. The van der Waals surface area contributed by atoms with Gasteiger partial charge < -0.3 is 10.2 Å². The summed E-state index contributed by atoms with van der Waals surface area (Å²) < 4.78 is 0. The Morgan fingerprint density at radius 1 is 1.10 bits per heavy atom. The Labute approximate surface area is 128 Å². The van der Waals surface area contributed by atoms with E-state index in [1.165, 1.54) is 16.8 Å². The molecule has 21 heavy (non-hydrogen) atoms. The smallest absolute Gasteiger partial charge is 0.0640 e. The molecule has 0 fully saturated rings. The molecule has 112 valence electrons. The van der Waals surface area contributed by atoms with Crippen LogP contribution in [0.25, 0.3) is 0 Å². The molecule has 0 spiro atoms. The van der Waals surface area contributed by atoms with Crippen molar-refractivity contribution in [1.29, 1.82) is 0 Å². The van der Waals surface area contributed by atoms with Gasteiger partial charge in [0.05, 0.1) is 11.9 Å². The molecule has 0 atom stereocenters. The second kappa shape index (κ2) is 6.27. The minimum absolute atomic E-state index is 0.100. The van der Waals surface area contributed by atoms with Gasteiger partial charge in [0, 0.05) is 31.0 Å². The average Bonchev–Trinajstić information content (AvgIpc) is 2.45. The first kappa shape index (κ1) is 15.5. The second-order valence-electron chi connectivity index (χ2n) is 6.50. The maximum Gasteiger partial charge on any atom is 0.0640 e. The van der Waals surface area contributed by atoms with Gasteiger partial charge in [0.25, 0.3) is 0 Å². The van der Waals surface area contributed by atoms with Gasteiger partial charge in [0.15, 0.2) is 0 Å². The van der Waals surface area contributed by atoms with E-state index in [1.807, 2.05) is 12.4 Å². The van der Waals surface area contributed by atoms with Crippen LogP contribution in [0.3, 0.4) is 0 Å². The molecule has 0 radical (unpaired) electrons. The van der Waals surface area contributed by atoms with Crippen molar-refractivity contribution in [2.45, 2.75) is 39.8 Å². The molecular weight excluding hydrogens is 258 g/mol. The predicted molar refractivity (Wildman–Crippen MR) is 90.1 cm³/mol. The van der Waals surface area contributed by atoms with E-state index >= 15 is 0 Å². The molecule has 0 unspecified atom stereocenters. The van der Waals surface area contributed by atoms with E-state index in [-0.39, 0.29) is 5.54 Å². The van der Waals surface area contributed by atoms with Crippen LogP contribution in [-0.4, -0.2) is 17.6 Å². The van der Waals surface area contributed by atoms with Crippen LogP contribution < -0.4 is 10.2 Å². The number of aryl methyl sites for hydroxylation is 1. The van der Waals surface area contributed by atoms with E-state index in [9.17, 15) is 0 Å². The molecule has 3 nitrogen and oxygen atoms in total. The van der Waals surface area contributed by atoms with E-state index in [4.69, 9.17) is 0 Å². The third-order valence-corrected chi connectivity index (χ3v) is 3.48. The van der Waals surface area contributed by atoms with E-state index < -0.39 is 0 Å². The van der Waals surface area contributed by atoms with Crippen molar-refractivity contribution in [2.24, 2.45) is 0 Å². The number of hydrogen-bond donors (Lipinski definition) is 1. The lowest BCUT2D eigenvalue weighted by Crippen LogP contribution is -2.35. The Morgan fingerprint density at radius 3 is 2.38 bits per heavy atom. The Morgan fingerprint density at radius 2 is 1.76 bits per heavy atom. The van der Waals surface area contributed by atoms with Gasteiger partial charge in [-0.1, -0.05) is 17.7 Å². The summed E-state index contributed by atoms with van der Waals surface area (Å²) in [6.45, 7) is 9.47. The molecular formula is C18H25N3. The van der Waals surface area contributed by atoms with E-state index in [2.05, 4.69) is 80.3 Å². The largest absolute Gasteiger partial charge is 0.343 e. The maximum absolute atomic E-state index is 4.28. The van der Waals surface area contributed by atoms with Crippen molar-refractivity contribution in [3.63, 3.8) is 0 Å². The quantitative estimate of drug-likeness (QED) is 0.917. The Balaban J connectivity index is 2.24. The molecule has 0 aliphatic heterocycles. The zero-order valence-electron chi connectivity index (χ0n) is 13.6. The summed E-state index contributed by atoms with van der Waals surface area (Å²) in [5.74, 6) is 0. The van der Waals surface area contributed by atoms with Crippen LogP contribution in [-0.2, 0) is 6.54 Å². The lowest BCUT2D eigenvalue weighted by Gasteiger charge is -2.25. The number of nitrogens with zero attached hydrogens (tertiary/aromatic N) is 2. The molecule has 3 heteroatoms.